The van der Waals surface area contributed by atoms with Crippen LogP contribution in [0.3, 0.4) is 0 Å². The second-order valence-corrected chi connectivity index (χ2v) is 7.57. The number of hydrogen-bond acceptors (Lipinski definition) is 4. The van der Waals surface area contributed by atoms with Crippen molar-refractivity contribution in [3.05, 3.63) is 12.2 Å². The summed E-state index contributed by atoms with van der Waals surface area (Å²) in [6.07, 6.45) is 2.09. The van der Waals surface area contributed by atoms with E-state index in [0.717, 1.165) is 6.08 Å². The van der Waals surface area contributed by atoms with E-state index < -0.39 is 20.2 Å². The van der Waals surface area contributed by atoms with Crippen molar-refractivity contribution < 1.29 is 28.7 Å². The van der Waals surface area contributed by atoms with E-state index >= 15 is 0 Å². The molecule has 0 saturated heterocycles. The highest BCUT2D eigenvalue weighted by Gasteiger charge is 2.59. The zero-order chi connectivity index (χ0) is 12.6. The highest BCUT2D eigenvalue weighted by molar-refractivity contribution is 7.79. The van der Waals surface area contributed by atoms with E-state index in [1.807, 2.05) is 0 Å². The minimum atomic E-state index is -5.04. The van der Waals surface area contributed by atoms with Crippen LogP contribution in [0.2, 0.25) is 0 Å². The molecular formula is C6H11NO6P2S. The van der Waals surface area contributed by atoms with Gasteiger partial charge in [-0.2, -0.15) is 0 Å². The standard InChI is InChI=1S/C6H11NO6P2S/c8-14(9,10)6(15(11,12)13)2-1-5(4-16)3-7-6/h1-2,4-5,7H,3H2,(H2,8,9,10)(H2,11,12,13). The monoisotopic (exact) mass is 287 g/mol. The van der Waals surface area contributed by atoms with Crippen LogP contribution >= 0.6 is 27.4 Å². The van der Waals surface area contributed by atoms with Crippen molar-refractivity contribution in [2.45, 2.75) is 5.02 Å². The van der Waals surface area contributed by atoms with E-state index in [1.165, 1.54) is 11.4 Å². The number of hydrogen-bond donors (Lipinski definition) is 5. The fourth-order valence-corrected chi connectivity index (χ4v) is 4.02. The molecule has 1 aliphatic rings. The Morgan fingerprint density at radius 2 is 1.81 bits per heavy atom. The molecule has 0 aromatic heterocycles. The molecular weight excluding hydrogens is 276 g/mol. The molecule has 0 radical (unpaired) electrons. The average Bonchev–Trinajstić information content (AvgIpc) is 2.14. The summed E-state index contributed by atoms with van der Waals surface area (Å²) in [4.78, 5) is 36.2. The zero-order valence-corrected chi connectivity index (χ0v) is 10.5. The molecule has 1 unspecified atom stereocenters. The van der Waals surface area contributed by atoms with Gasteiger partial charge in [-0.1, -0.05) is 18.3 Å². The maximum Gasteiger partial charge on any atom is 0.361 e. The van der Waals surface area contributed by atoms with Crippen molar-refractivity contribution in [1.82, 2.24) is 5.32 Å². The first-order valence-electron chi connectivity index (χ1n) is 4.15. The van der Waals surface area contributed by atoms with Gasteiger partial charge in [0.05, 0.1) is 0 Å². The van der Waals surface area contributed by atoms with Gasteiger partial charge in [0, 0.05) is 12.5 Å². The first-order chi connectivity index (χ1) is 7.14. The predicted octanol–water partition coefficient (Wildman–Crippen LogP) is -0.229. The Bertz CT molecular complexity index is 389. The Balaban J connectivity index is 3.27. The predicted molar refractivity (Wildman–Crippen MR) is 61.1 cm³/mol. The minimum absolute atomic E-state index is 0.0315. The lowest BCUT2D eigenvalue weighted by Crippen LogP contribution is -2.47. The summed E-state index contributed by atoms with van der Waals surface area (Å²) in [5.74, 6) is -0.291. The van der Waals surface area contributed by atoms with Crippen LogP contribution < -0.4 is 5.32 Å². The molecule has 0 fully saturated rings. The van der Waals surface area contributed by atoms with E-state index in [1.54, 1.807) is 0 Å². The topological polar surface area (TPSA) is 127 Å². The van der Waals surface area contributed by atoms with Crippen molar-refractivity contribution in [1.29, 1.82) is 0 Å². The van der Waals surface area contributed by atoms with Crippen LogP contribution in [0.15, 0.2) is 12.2 Å². The summed E-state index contributed by atoms with van der Waals surface area (Å²) in [6, 6.07) is 0. The molecule has 0 saturated carbocycles. The lowest BCUT2D eigenvalue weighted by atomic mass is 10.1. The molecule has 0 bridgehead atoms. The number of thiocarbonyl (C=S) groups is 1. The van der Waals surface area contributed by atoms with Gasteiger partial charge in [-0.3, -0.25) is 14.4 Å². The average molecular weight is 287 g/mol. The first kappa shape index (κ1) is 14.2. The van der Waals surface area contributed by atoms with Crippen LogP contribution in [0.1, 0.15) is 0 Å². The van der Waals surface area contributed by atoms with Gasteiger partial charge >= 0.3 is 15.2 Å². The Morgan fingerprint density at radius 3 is 2.06 bits per heavy atom. The van der Waals surface area contributed by atoms with E-state index in [4.69, 9.17) is 19.6 Å². The Morgan fingerprint density at radius 1 is 1.31 bits per heavy atom. The van der Waals surface area contributed by atoms with Crippen LogP contribution in [0.25, 0.3) is 0 Å². The van der Waals surface area contributed by atoms with Gasteiger partial charge in [0.15, 0.2) is 0 Å². The molecule has 92 valence electrons. The molecule has 0 spiro atoms. The normalized spacial score (nSPS) is 25.4. The molecule has 10 heteroatoms. The van der Waals surface area contributed by atoms with Crippen LogP contribution in [-0.4, -0.2) is 36.5 Å². The van der Waals surface area contributed by atoms with E-state index in [9.17, 15) is 9.13 Å². The van der Waals surface area contributed by atoms with Crippen molar-refractivity contribution >= 4 is 32.8 Å². The third-order valence-electron chi connectivity index (χ3n) is 2.24. The van der Waals surface area contributed by atoms with Crippen molar-refractivity contribution in [3.8, 4) is 0 Å². The largest absolute Gasteiger partial charge is 0.361 e. The second kappa shape index (κ2) is 4.40. The first-order valence-corrected chi connectivity index (χ1v) is 7.84. The molecule has 16 heavy (non-hydrogen) atoms. The molecule has 1 atom stereocenters. The fraction of sp³-hybridized carbons (Fsp3) is 0.500. The molecule has 1 heterocycles. The SMILES string of the molecule is O=P(O)(O)C1(P(=O)(O)O)C=CC(C=S)CN1. The van der Waals surface area contributed by atoms with Crippen molar-refractivity contribution in [3.63, 3.8) is 0 Å². The quantitative estimate of drug-likeness (QED) is 0.274. The molecule has 7 nitrogen and oxygen atoms in total. The summed E-state index contributed by atoms with van der Waals surface area (Å²) in [7, 11) is -10.1. The van der Waals surface area contributed by atoms with Crippen LogP contribution in [-0.2, 0) is 9.13 Å². The highest BCUT2D eigenvalue weighted by Crippen LogP contribution is 2.68. The summed E-state index contributed by atoms with van der Waals surface area (Å²) < 4.78 is 22.4. The van der Waals surface area contributed by atoms with Gasteiger partial charge in [-0.15, -0.1) is 0 Å². The smallest absolute Gasteiger partial charge is 0.322 e. The van der Waals surface area contributed by atoms with Gasteiger partial charge < -0.3 is 19.6 Å². The van der Waals surface area contributed by atoms with E-state index in [2.05, 4.69) is 17.5 Å². The maximum atomic E-state index is 11.2. The lowest BCUT2D eigenvalue weighted by molar-refractivity contribution is 0.302. The Labute approximate surface area is 96.9 Å². The summed E-state index contributed by atoms with van der Waals surface area (Å²) in [5, 5.41) is 0.912. The number of rotatable bonds is 3. The van der Waals surface area contributed by atoms with Gasteiger partial charge in [0.1, 0.15) is 0 Å². The van der Waals surface area contributed by atoms with Crippen LogP contribution in [0.5, 0.6) is 0 Å². The molecule has 0 aromatic carbocycles. The van der Waals surface area contributed by atoms with E-state index in [-0.39, 0.29) is 12.5 Å². The molecule has 0 amide bonds. The molecule has 5 N–H and O–H groups in total. The summed E-state index contributed by atoms with van der Waals surface area (Å²) in [5.41, 5.74) is 0. The molecule has 1 rings (SSSR count). The van der Waals surface area contributed by atoms with Crippen LogP contribution in [0.4, 0.5) is 0 Å². The lowest BCUT2D eigenvalue weighted by Gasteiger charge is -2.36. The molecule has 0 aliphatic carbocycles. The summed E-state index contributed by atoms with van der Waals surface area (Å²) in [6.45, 7) is -0.0315. The van der Waals surface area contributed by atoms with Gasteiger partial charge in [-0.05, 0) is 11.4 Å². The van der Waals surface area contributed by atoms with Gasteiger partial charge in [0.2, 0.25) is 5.02 Å². The maximum absolute atomic E-state index is 11.2. The van der Waals surface area contributed by atoms with E-state index in [0.29, 0.717) is 0 Å². The fourth-order valence-electron chi connectivity index (χ4n) is 1.32. The van der Waals surface area contributed by atoms with Crippen LogP contribution in [0, 0.1) is 5.92 Å². The third kappa shape index (κ3) is 2.34. The number of nitrogens with one attached hydrogen (secondary N) is 1. The molecule has 1 aliphatic heterocycles. The second-order valence-electron chi connectivity index (χ2n) is 3.35. The van der Waals surface area contributed by atoms with Gasteiger partial charge in [-0.25, -0.2) is 0 Å². The Kier molecular flexibility index (Phi) is 3.89. The van der Waals surface area contributed by atoms with Gasteiger partial charge in [0.25, 0.3) is 0 Å². The summed E-state index contributed by atoms with van der Waals surface area (Å²) >= 11 is 4.63. The van der Waals surface area contributed by atoms with Crippen molar-refractivity contribution in [2.24, 2.45) is 5.92 Å². The van der Waals surface area contributed by atoms with Crippen molar-refractivity contribution in [2.75, 3.05) is 6.54 Å². The minimum Gasteiger partial charge on any atom is -0.322 e. The third-order valence-corrected chi connectivity index (χ3v) is 6.54. The Hall–Kier alpha value is 0.0900. The highest BCUT2D eigenvalue weighted by atomic mass is 32.1. The zero-order valence-electron chi connectivity index (χ0n) is 7.92. The molecule has 0 aromatic rings.